The topological polar surface area (TPSA) is 50.8 Å². The highest BCUT2D eigenvalue weighted by molar-refractivity contribution is 6.41. The Morgan fingerprint density at radius 3 is 2.93 bits per heavy atom. The van der Waals surface area contributed by atoms with Crippen molar-refractivity contribution < 1.29 is 4.74 Å². The number of H-pyrrole nitrogens is 1. The minimum absolute atomic E-state index is 0.272. The summed E-state index contributed by atoms with van der Waals surface area (Å²) >= 11 is 11.6. The number of nitrogens with zero attached hydrogens (tertiary/aromatic N) is 2. The molecule has 0 aliphatic rings. The number of ether oxygens (including phenoxy) is 1. The highest BCUT2D eigenvalue weighted by Crippen LogP contribution is 2.23. The van der Waals surface area contributed by atoms with Crippen molar-refractivity contribution >= 4 is 34.4 Å². The molecular formula is C9H9Cl2N3O. The number of halogens is 2. The zero-order valence-corrected chi connectivity index (χ0v) is 9.56. The van der Waals surface area contributed by atoms with Gasteiger partial charge >= 0.3 is 0 Å². The van der Waals surface area contributed by atoms with Crippen LogP contribution in [0.4, 0.5) is 0 Å². The summed E-state index contributed by atoms with van der Waals surface area (Å²) < 4.78 is 4.96. The van der Waals surface area contributed by atoms with Gasteiger partial charge in [0.15, 0.2) is 5.65 Å². The van der Waals surface area contributed by atoms with E-state index in [0.717, 1.165) is 11.3 Å². The Morgan fingerprint density at radius 1 is 1.40 bits per heavy atom. The van der Waals surface area contributed by atoms with Gasteiger partial charge in [-0.1, -0.05) is 23.2 Å². The average molecular weight is 246 g/mol. The third kappa shape index (κ3) is 2.22. The number of rotatable bonds is 3. The number of nitrogens with one attached hydrogen (secondary N) is 1. The molecule has 0 aliphatic carbocycles. The predicted molar refractivity (Wildman–Crippen MR) is 59.5 cm³/mol. The molecule has 2 heterocycles. The van der Waals surface area contributed by atoms with Crippen LogP contribution in [0.1, 0.15) is 5.82 Å². The van der Waals surface area contributed by atoms with Gasteiger partial charge < -0.3 is 9.72 Å². The Balaban J connectivity index is 2.38. The first-order valence-corrected chi connectivity index (χ1v) is 5.16. The smallest absolute Gasteiger partial charge is 0.179 e. The maximum absolute atomic E-state index is 5.83. The standard InChI is InChI=1S/C9H9Cl2N3O/c1-15-3-2-7-12-6-4-5(10)8(11)14-9(6)13-7/h4H,2-3H2,1H3,(H,12,13,14). The van der Waals surface area contributed by atoms with Crippen LogP contribution in [-0.2, 0) is 11.2 Å². The van der Waals surface area contributed by atoms with E-state index in [1.807, 2.05) is 0 Å². The molecule has 0 aliphatic heterocycles. The van der Waals surface area contributed by atoms with Crippen LogP contribution in [-0.4, -0.2) is 28.7 Å². The summed E-state index contributed by atoms with van der Waals surface area (Å²) in [6.07, 6.45) is 0.710. The summed E-state index contributed by atoms with van der Waals surface area (Å²) in [7, 11) is 1.65. The second-order valence-electron chi connectivity index (χ2n) is 3.06. The zero-order valence-electron chi connectivity index (χ0n) is 8.05. The SMILES string of the molecule is COCCc1nc2nc(Cl)c(Cl)cc2[nH]1. The fourth-order valence-corrected chi connectivity index (χ4v) is 1.55. The molecule has 0 spiro atoms. The number of aromatic nitrogens is 3. The van der Waals surface area contributed by atoms with E-state index in [1.54, 1.807) is 13.2 Å². The first kappa shape index (κ1) is 10.7. The van der Waals surface area contributed by atoms with E-state index in [2.05, 4.69) is 15.0 Å². The molecule has 0 radical (unpaired) electrons. The van der Waals surface area contributed by atoms with Crippen molar-refractivity contribution in [2.75, 3.05) is 13.7 Å². The number of fused-ring (bicyclic) bond motifs is 1. The first-order chi connectivity index (χ1) is 7.20. The van der Waals surface area contributed by atoms with E-state index in [0.29, 0.717) is 23.7 Å². The molecule has 0 unspecified atom stereocenters. The third-order valence-electron chi connectivity index (χ3n) is 1.98. The minimum Gasteiger partial charge on any atom is -0.384 e. The van der Waals surface area contributed by atoms with Crippen LogP contribution in [0, 0.1) is 0 Å². The van der Waals surface area contributed by atoms with Crippen molar-refractivity contribution in [2.45, 2.75) is 6.42 Å². The molecule has 2 rings (SSSR count). The minimum atomic E-state index is 0.272. The zero-order chi connectivity index (χ0) is 10.8. The molecule has 6 heteroatoms. The lowest BCUT2D eigenvalue weighted by Gasteiger charge is -1.92. The fourth-order valence-electron chi connectivity index (χ4n) is 1.26. The van der Waals surface area contributed by atoms with E-state index in [1.165, 1.54) is 0 Å². The Morgan fingerprint density at radius 2 is 2.20 bits per heavy atom. The lowest BCUT2D eigenvalue weighted by atomic mass is 10.4. The highest BCUT2D eigenvalue weighted by atomic mass is 35.5. The van der Waals surface area contributed by atoms with Crippen LogP contribution in [0.5, 0.6) is 0 Å². The molecule has 2 aromatic rings. The predicted octanol–water partition coefficient (Wildman–Crippen LogP) is 2.45. The third-order valence-corrected chi connectivity index (χ3v) is 2.65. The quantitative estimate of drug-likeness (QED) is 0.846. The maximum atomic E-state index is 5.83. The fraction of sp³-hybridized carbons (Fsp3) is 0.333. The van der Waals surface area contributed by atoms with Crippen LogP contribution in [0.15, 0.2) is 6.07 Å². The van der Waals surface area contributed by atoms with Gasteiger partial charge in [-0.3, -0.25) is 0 Å². The largest absolute Gasteiger partial charge is 0.384 e. The molecule has 2 aromatic heterocycles. The summed E-state index contributed by atoms with van der Waals surface area (Å²) in [5, 5.41) is 0.695. The molecular weight excluding hydrogens is 237 g/mol. The summed E-state index contributed by atoms with van der Waals surface area (Å²) in [5.41, 5.74) is 1.37. The number of hydrogen-bond donors (Lipinski definition) is 1. The van der Waals surface area contributed by atoms with Crippen molar-refractivity contribution in [3.63, 3.8) is 0 Å². The molecule has 80 valence electrons. The Hall–Kier alpha value is -0.840. The summed E-state index contributed by atoms with van der Waals surface area (Å²) in [4.78, 5) is 11.4. The molecule has 15 heavy (non-hydrogen) atoms. The molecule has 0 aromatic carbocycles. The van der Waals surface area contributed by atoms with Crippen LogP contribution < -0.4 is 0 Å². The number of hydrogen-bond acceptors (Lipinski definition) is 3. The summed E-state index contributed by atoms with van der Waals surface area (Å²) in [5.74, 6) is 0.817. The van der Waals surface area contributed by atoms with Crippen molar-refractivity contribution in [1.82, 2.24) is 15.0 Å². The highest BCUT2D eigenvalue weighted by Gasteiger charge is 2.07. The molecule has 0 atom stereocenters. The van der Waals surface area contributed by atoms with Crippen LogP contribution >= 0.6 is 23.2 Å². The van der Waals surface area contributed by atoms with Gasteiger partial charge in [-0.2, -0.15) is 0 Å². The number of aromatic amines is 1. The van der Waals surface area contributed by atoms with Crippen LogP contribution in [0.3, 0.4) is 0 Å². The van der Waals surface area contributed by atoms with Crippen molar-refractivity contribution in [3.8, 4) is 0 Å². The molecule has 0 bridgehead atoms. The van der Waals surface area contributed by atoms with E-state index in [4.69, 9.17) is 27.9 Å². The van der Waals surface area contributed by atoms with E-state index in [-0.39, 0.29) is 5.15 Å². The van der Waals surface area contributed by atoms with Gasteiger partial charge in [0.1, 0.15) is 11.0 Å². The van der Waals surface area contributed by atoms with E-state index in [9.17, 15) is 0 Å². The molecule has 0 saturated carbocycles. The number of methoxy groups -OCH3 is 1. The monoisotopic (exact) mass is 245 g/mol. The van der Waals surface area contributed by atoms with Crippen LogP contribution in [0.2, 0.25) is 10.2 Å². The molecule has 4 nitrogen and oxygen atoms in total. The maximum Gasteiger partial charge on any atom is 0.179 e. The van der Waals surface area contributed by atoms with E-state index < -0.39 is 0 Å². The number of pyridine rings is 1. The summed E-state index contributed by atoms with van der Waals surface area (Å²) in [6, 6.07) is 1.72. The van der Waals surface area contributed by atoms with Gasteiger partial charge in [0.05, 0.1) is 17.1 Å². The van der Waals surface area contributed by atoms with Gasteiger partial charge in [-0.05, 0) is 6.07 Å². The summed E-state index contributed by atoms with van der Waals surface area (Å²) in [6.45, 7) is 0.612. The number of imidazole rings is 1. The van der Waals surface area contributed by atoms with Gasteiger partial charge in [0.25, 0.3) is 0 Å². The van der Waals surface area contributed by atoms with Crippen molar-refractivity contribution in [1.29, 1.82) is 0 Å². The normalized spacial score (nSPS) is 11.1. The Labute approximate surface area is 96.6 Å². The van der Waals surface area contributed by atoms with Gasteiger partial charge in [-0.15, -0.1) is 0 Å². The van der Waals surface area contributed by atoms with E-state index >= 15 is 0 Å². The molecule has 0 saturated heterocycles. The van der Waals surface area contributed by atoms with Crippen LogP contribution in [0.25, 0.3) is 11.2 Å². The van der Waals surface area contributed by atoms with Gasteiger partial charge in [-0.25, -0.2) is 9.97 Å². The second-order valence-corrected chi connectivity index (χ2v) is 3.82. The van der Waals surface area contributed by atoms with Gasteiger partial charge in [0, 0.05) is 13.5 Å². The van der Waals surface area contributed by atoms with Crippen molar-refractivity contribution in [2.24, 2.45) is 0 Å². The molecule has 1 N–H and O–H groups in total. The average Bonchev–Trinajstić information content (AvgIpc) is 2.58. The van der Waals surface area contributed by atoms with Gasteiger partial charge in [0.2, 0.25) is 0 Å². The lowest BCUT2D eigenvalue weighted by Crippen LogP contribution is -1.95. The molecule has 0 amide bonds. The Kier molecular flexibility index (Phi) is 3.09. The second kappa shape index (κ2) is 4.35. The lowest BCUT2D eigenvalue weighted by molar-refractivity contribution is 0.201. The molecule has 0 fully saturated rings. The van der Waals surface area contributed by atoms with Crippen molar-refractivity contribution in [3.05, 3.63) is 22.1 Å². The first-order valence-electron chi connectivity index (χ1n) is 4.40. The Bertz CT molecular complexity index is 444.